The number of carbonyl (C=O) groups excluding carboxylic acids is 1. The molecule has 0 aliphatic carbocycles. The molecule has 0 aromatic carbocycles. The molecule has 0 saturated carbocycles. The van der Waals surface area contributed by atoms with Gasteiger partial charge in [0.15, 0.2) is 0 Å². The summed E-state index contributed by atoms with van der Waals surface area (Å²) in [6.07, 6.45) is 3.92. The Morgan fingerprint density at radius 1 is 1.59 bits per heavy atom. The number of hydrogen-bond acceptors (Lipinski definition) is 3. The molecule has 0 bridgehead atoms. The lowest BCUT2D eigenvalue weighted by Gasteiger charge is -2.35. The standard InChI is InChI=1S/C12H16BrNO2S/c13-10-5-8-17-11(10)12(16)14-6-2-1-3-9(14)4-7-15/h5,8-9,15H,1-4,6-7H2. The molecule has 1 aromatic rings. The van der Waals surface area contributed by atoms with Crippen molar-refractivity contribution < 1.29 is 9.90 Å². The van der Waals surface area contributed by atoms with E-state index >= 15 is 0 Å². The van der Waals surface area contributed by atoms with Crippen LogP contribution < -0.4 is 0 Å². The molecule has 5 heteroatoms. The van der Waals surface area contributed by atoms with Crippen molar-refractivity contribution in [3.63, 3.8) is 0 Å². The van der Waals surface area contributed by atoms with Crippen molar-refractivity contribution in [1.82, 2.24) is 4.90 Å². The van der Waals surface area contributed by atoms with Crippen molar-refractivity contribution in [2.45, 2.75) is 31.7 Å². The van der Waals surface area contributed by atoms with Crippen LogP contribution in [0.5, 0.6) is 0 Å². The van der Waals surface area contributed by atoms with Gasteiger partial charge < -0.3 is 10.0 Å². The largest absolute Gasteiger partial charge is 0.396 e. The molecule has 1 fully saturated rings. The Morgan fingerprint density at radius 2 is 2.41 bits per heavy atom. The molecule has 1 N–H and O–H groups in total. The van der Waals surface area contributed by atoms with Gasteiger partial charge in [0.05, 0.1) is 0 Å². The molecule has 1 saturated heterocycles. The fourth-order valence-corrected chi connectivity index (χ4v) is 3.79. The van der Waals surface area contributed by atoms with Crippen LogP contribution in [-0.2, 0) is 0 Å². The van der Waals surface area contributed by atoms with E-state index in [-0.39, 0.29) is 18.6 Å². The Hall–Kier alpha value is -0.390. The van der Waals surface area contributed by atoms with Gasteiger partial charge in [-0.1, -0.05) is 0 Å². The summed E-state index contributed by atoms with van der Waals surface area (Å²) >= 11 is 4.88. The highest BCUT2D eigenvalue weighted by atomic mass is 79.9. The van der Waals surface area contributed by atoms with Crippen LogP contribution in [0.3, 0.4) is 0 Å². The van der Waals surface area contributed by atoms with Gasteiger partial charge in [-0.15, -0.1) is 11.3 Å². The molecule has 1 unspecified atom stereocenters. The van der Waals surface area contributed by atoms with Gasteiger partial charge >= 0.3 is 0 Å². The van der Waals surface area contributed by atoms with Crippen molar-refractivity contribution >= 4 is 33.2 Å². The average Bonchev–Trinajstić information content (AvgIpc) is 2.76. The third-order valence-electron chi connectivity index (χ3n) is 3.16. The number of amides is 1. The predicted octanol–water partition coefficient (Wildman–Crippen LogP) is 2.89. The molecule has 1 aliphatic rings. The summed E-state index contributed by atoms with van der Waals surface area (Å²) in [4.78, 5) is 15.1. The maximum atomic E-state index is 12.4. The smallest absolute Gasteiger partial charge is 0.265 e. The van der Waals surface area contributed by atoms with Gasteiger partial charge in [0.1, 0.15) is 4.88 Å². The Morgan fingerprint density at radius 3 is 3.06 bits per heavy atom. The Balaban J connectivity index is 2.14. The molecule has 17 heavy (non-hydrogen) atoms. The van der Waals surface area contributed by atoms with Gasteiger partial charge in [0, 0.05) is 23.7 Å². The Kier molecular flexibility index (Phi) is 4.59. The summed E-state index contributed by atoms with van der Waals surface area (Å²) in [6, 6.07) is 2.11. The van der Waals surface area contributed by atoms with Gasteiger partial charge in [-0.2, -0.15) is 0 Å². The minimum absolute atomic E-state index is 0.102. The highest BCUT2D eigenvalue weighted by molar-refractivity contribution is 9.10. The zero-order chi connectivity index (χ0) is 12.3. The maximum Gasteiger partial charge on any atom is 0.265 e. The van der Waals surface area contributed by atoms with Gasteiger partial charge in [0.25, 0.3) is 5.91 Å². The summed E-state index contributed by atoms with van der Waals surface area (Å²) in [5.41, 5.74) is 0. The van der Waals surface area contributed by atoms with Crippen LogP contribution in [0, 0.1) is 0 Å². The molecular weight excluding hydrogens is 302 g/mol. The monoisotopic (exact) mass is 317 g/mol. The number of halogens is 1. The SMILES string of the molecule is O=C(c1sccc1Br)N1CCCCC1CCO. The van der Waals surface area contributed by atoms with Crippen molar-refractivity contribution in [3.8, 4) is 0 Å². The first-order chi connectivity index (χ1) is 8.24. The highest BCUT2D eigenvalue weighted by Gasteiger charge is 2.28. The Bertz CT molecular complexity index is 392. The van der Waals surface area contributed by atoms with E-state index in [2.05, 4.69) is 15.9 Å². The number of carbonyl (C=O) groups is 1. The summed E-state index contributed by atoms with van der Waals surface area (Å²) < 4.78 is 0.876. The Labute approximate surface area is 114 Å². The van der Waals surface area contributed by atoms with Gasteiger partial charge in [0.2, 0.25) is 0 Å². The number of aliphatic hydroxyl groups is 1. The molecule has 1 aliphatic heterocycles. The average molecular weight is 318 g/mol. The number of nitrogens with zero attached hydrogens (tertiary/aromatic N) is 1. The lowest BCUT2D eigenvalue weighted by atomic mass is 9.99. The zero-order valence-corrected chi connectivity index (χ0v) is 12.0. The second-order valence-electron chi connectivity index (χ2n) is 4.26. The predicted molar refractivity (Wildman–Crippen MR) is 72.4 cm³/mol. The quantitative estimate of drug-likeness (QED) is 0.931. The number of likely N-dealkylation sites (tertiary alicyclic amines) is 1. The van der Waals surface area contributed by atoms with Crippen molar-refractivity contribution in [1.29, 1.82) is 0 Å². The number of piperidine rings is 1. The van der Waals surface area contributed by atoms with Crippen LogP contribution in [0.2, 0.25) is 0 Å². The van der Waals surface area contributed by atoms with E-state index in [0.29, 0.717) is 6.42 Å². The topological polar surface area (TPSA) is 40.5 Å². The molecule has 1 amide bonds. The number of hydrogen-bond donors (Lipinski definition) is 1. The maximum absolute atomic E-state index is 12.4. The molecule has 1 atom stereocenters. The number of aliphatic hydroxyl groups excluding tert-OH is 1. The highest BCUT2D eigenvalue weighted by Crippen LogP contribution is 2.28. The van der Waals surface area contributed by atoms with E-state index in [9.17, 15) is 4.79 Å². The third kappa shape index (κ3) is 2.89. The van der Waals surface area contributed by atoms with Crippen molar-refractivity contribution in [2.24, 2.45) is 0 Å². The summed E-state index contributed by atoms with van der Waals surface area (Å²) in [5, 5.41) is 11.0. The molecular formula is C12H16BrNO2S. The van der Waals surface area contributed by atoms with E-state index < -0.39 is 0 Å². The molecule has 0 radical (unpaired) electrons. The second kappa shape index (κ2) is 5.98. The first kappa shape index (κ1) is 13.1. The molecule has 3 nitrogen and oxygen atoms in total. The molecule has 2 heterocycles. The minimum atomic E-state index is 0.102. The summed E-state index contributed by atoms with van der Waals surface area (Å²) in [7, 11) is 0. The second-order valence-corrected chi connectivity index (χ2v) is 6.03. The first-order valence-corrected chi connectivity index (χ1v) is 7.56. The van der Waals surface area contributed by atoms with Gasteiger partial charge in [-0.25, -0.2) is 0 Å². The lowest BCUT2D eigenvalue weighted by molar-refractivity contribution is 0.0579. The fraction of sp³-hybridized carbons (Fsp3) is 0.583. The fourth-order valence-electron chi connectivity index (χ4n) is 2.29. The van der Waals surface area contributed by atoms with E-state index in [1.807, 2.05) is 16.3 Å². The van der Waals surface area contributed by atoms with E-state index in [1.54, 1.807) is 0 Å². The zero-order valence-electron chi connectivity index (χ0n) is 9.56. The van der Waals surface area contributed by atoms with E-state index in [4.69, 9.17) is 5.11 Å². The molecule has 1 aromatic heterocycles. The molecule has 94 valence electrons. The lowest BCUT2D eigenvalue weighted by Crippen LogP contribution is -2.44. The van der Waals surface area contributed by atoms with Crippen LogP contribution in [-0.4, -0.2) is 35.1 Å². The van der Waals surface area contributed by atoms with Crippen LogP contribution in [0.4, 0.5) is 0 Å². The summed E-state index contributed by atoms with van der Waals surface area (Å²) in [6.45, 7) is 0.966. The van der Waals surface area contributed by atoms with Crippen LogP contribution >= 0.6 is 27.3 Å². The van der Waals surface area contributed by atoms with Crippen molar-refractivity contribution in [2.75, 3.05) is 13.2 Å². The van der Waals surface area contributed by atoms with E-state index in [1.165, 1.54) is 11.3 Å². The van der Waals surface area contributed by atoms with Crippen LogP contribution in [0.25, 0.3) is 0 Å². The normalized spacial score (nSPS) is 20.6. The molecule has 0 spiro atoms. The van der Waals surface area contributed by atoms with Gasteiger partial charge in [-0.05, 0) is 53.1 Å². The van der Waals surface area contributed by atoms with E-state index in [0.717, 1.165) is 35.2 Å². The van der Waals surface area contributed by atoms with Crippen LogP contribution in [0.15, 0.2) is 15.9 Å². The summed E-state index contributed by atoms with van der Waals surface area (Å²) in [5.74, 6) is 0.102. The number of rotatable bonds is 3. The number of thiophene rings is 1. The third-order valence-corrected chi connectivity index (χ3v) is 4.99. The van der Waals surface area contributed by atoms with Crippen molar-refractivity contribution in [3.05, 3.63) is 20.8 Å². The van der Waals surface area contributed by atoms with Gasteiger partial charge in [-0.3, -0.25) is 4.79 Å². The van der Waals surface area contributed by atoms with Crippen LogP contribution in [0.1, 0.15) is 35.4 Å². The molecule has 2 rings (SSSR count). The minimum Gasteiger partial charge on any atom is -0.396 e. The first-order valence-electron chi connectivity index (χ1n) is 5.89.